The SMILES string of the molecule is N=[C-]N.[Co]. The van der Waals surface area contributed by atoms with Crippen molar-refractivity contribution < 1.29 is 16.8 Å². The molecule has 0 aromatic heterocycles. The Bertz CT molecular complexity index is 13.5. The van der Waals surface area contributed by atoms with E-state index < -0.39 is 0 Å². The fourth-order valence-electron chi connectivity index (χ4n) is 0. The molecular weight excluding hydrogens is 99.0 g/mol. The maximum atomic E-state index is 5.74. The van der Waals surface area contributed by atoms with Gasteiger partial charge in [0, 0.05) is 16.8 Å². The predicted octanol–water partition coefficient (Wildman–Crippen LogP) is -0.573. The number of hydrogen-bond acceptors (Lipinski definition) is 1. The minimum atomic E-state index is 0. The fraction of sp³-hybridized carbons (Fsp3) is 0. The second-order valence-corrected chi connectivity index (χ2v) is 0.144. The van der Waals surface area contributed by atoms with E-state index in [2.05, 4.69) is 5.73 Å². The topological polar surface area (TPSA) is 49.9 Å². The van der Waals surface area contributed by atoms with Gasteiger partial charge in [0.2, 0.25) is 0 Å². The van der Waals surface area contributed by atoms with E-state index in [0.29, 0.717) is 0 Å². The first-order valence-electron chi connectivity index (χ1n) is 0.539. The van der Waals surface area contributed by atoms with Crippen LogP contribution in [0.1, 0.15) is 0 Å². The van der Waals surface area contributed by atoms with Crippen molar-refractivity contribution in [3.8, 4) is 0 Å². The molecule has 0 aliphatic rings. The van der Waals surface area contributed by atoms with Crippen LogP contribution < -0.4 is 5.73 Å². The third-order valence-corrected chi connectivity index (χ3v) is 0. The zero-order chi connectivity index (χ0) is 2.71. The zero-order valence-corrected chi connectivity index (χ0v) is 2.95. The summed E-state index contributed by atoms with van der Waals surface area (Å²) in [6, 6.07) is 0. The molecule has 0 atom stereocenters. The van der Waals surface area contributed by atoms with E-state index in [0.717, 1.165) is 0 Å². The average molecular weight is 102 g/mol. The quantitative estimate of drug-likeness (QED) is 0.183. The monoisotopic (exact) mass is 102 g/mol. The minimum Gasteiger partial charge on any atom is -0.563 e. The molecule has 0 rings (SSSR count). The second-order valence-electron chi connectivity index (χ2n) is 0.144. The first-order chi connectivity index (χ1) is 1.41. The first-order valence-corrected chi connectivity index (χ1v) is 0.539. The molecule has 27 valence electrons. The smallest absolute Gasteiger partial charge is 0 e. The Balaban J connectivity index is 0. The molecule has 2 nitrogen and oxygen atoms in total. The summed E-state index contributed by atoms with van der Waals surface area (Å²) in [5.74, 6) is 0. The van der Waals surface area contributed by atoms with Crippen molar-refractivity contribution >= 4 is 6.34 Å². The van der Waals surface area contributed by atoms with E-state index in [1.54, 1.807) is 0 Å². The van der Waals surface area contributed by atoms with E-state index in [4.69, 9.17) is 5.41 Å². The molecular formula is CH3CoN2-. The first kappa shape index (κ1) is 9.02. The van der Waals surface area contributed by atoms with E-state index in [9.17, 15) is 0 Å². The molecule has 4 heavy (non-hydrogen) atoms. The summed E-state index contributed by atoms with van der Waals surface area (Å²) in [6.07, 6.45) is 1.50. The summed E-state index contributed by atoms with van der Waals surface area (Å²) in [7, 11) is 0. The zero-order valence-electron chi connectivity index (χ0n) is 1.91. The van der Waals surface area contributed by atoms with E-state index in [-0.39, 0.29) is 16.8 Å². The normalized spacial score (nSPS) is 3.00. The molecule has 0 bridgehead atoms. The Hall–Kier alpha value is -0.0235. The van der Waals surface area contributed by atoms with Crippen LogP contribution >= 0.6 is 0 Å². The molecule has 0 aromatic rings. The fourth-order valence-corrected chi connectivity index (χ4v) is 0. The summed E-state index contributed by atoms with van der Waals surface area (Å²) < 4.78 is 0. The summed E-state index contributed by atoms with van der Waals surface area (Å²) in [5, 5.41) is 5.74. The number of nitrogens with one attached hydrogen (secondary N) is 1. The van der Waals surface area contributed by atoms with Crippen LogP contribution in [0.15, 0.2) is 0 Å². The standard InChI is InChI=1S/CH3N2.Co/c2-1-3;/h(H3,2,3);/q-1;. The van der Waals surface area contributed by atoms with Gasteiger partial charge in [0.1, 0.15) is 0 Å². The Morgan fingerprint density at radius 1 is 1.75 bits per heavy atom. The van der Waals surface area contributed by atoms with Crippen molar-refractivity contribution in [1.29, 1.82) is 5.41 Å². The second kappa shape index (κ2) is 12.2. The third-order valence-electron chi connectivity index (χ3n) is 0. The minimum absolute atomic E-state index is 0. The van der Waals surface area contributed by atoms with Crippen LogP contribution in [-0.2, 0) is 16.8 Å². The molecule has 0 saturated carbocycles. The van der Waals surface area contributed by atoms with Crippen molar-refractivity contribution in [3.63, 3.8) is 0 Å². The molecule has 0 saturated heterocycles. The summed E-state index contributed by atoms with van der Waals surface area (Å²) >= 11 is 0. The average Bonchev–Trinajstić information content (AvgIpc) is 0.918. The van der Waals surface area contributed by atoms with Gasteiger partial charge in [-0.1, -0.05) is 0 Å². The van der Waals surface area contributed by atoms with Crippen molar-refractivity contribution in [2.75, 3.05) is 0 Å². The van der Waals surface area contributed by atoms with Gasteiger partial charge in [0.25, 0.3) is 0 Å². The largest absolute Gasteiger partial charge is 0.563 e. The van der Waals surface area contributed by atoms with Gasteiger partial charge in [-0.05, 0) is 0 Å². The molecule has 3 heteroatoms. The number of rotatable bonds is 0. The molecule has 0 heterocycles. The maximum Gasteiger partial charge on any atom is 0 e. The molecule has 0 aliphatic heterocycles. The molecule has 1 radical (unpaired) electrons. The maximum absolute atomic E-state index is 5.74. The van der Waals surface area contributed by atoms with Gasteiger partial charge in [0.05, 0.1) is 0 Å². The molecule has 0 aromatic carbocycles. The van der Waals surface area contributed by atoms with Crippen LogP contribution in [0.4, 0.5) is 0 Å². The van der Waals surface area contributed by atoms with Gasteiger partial charge < -0.3 is 17.5 Å². The van der Waals surface area contributed by atoms with Gasteiger partial charge in [-0.2, -0.15) is 0 Å². The van der Waals surface area contributed by atoms with Gasteiger partial charge in [-0.3, -0.25) is 0 Å². The van der Waals surface area contributed by atoms with Crippen molar-refractivity contribution in [2.45, 2.75) is 0 Å². The van der Waals surface area contributed by atoms with Crippen LogP contribution in [-0.4, -0.2) is 6.34 Å². The Morgan fingerprint density at radius 2 is 1.75 bits per heavy atom. The Morgan fingerprint density at radius 3 is 1.75 bits per heavy atom. The van der Waals surface area contributed by atoms with Crippen LogP contribution in [0.5, 0.6) is 0 Å². The molecule has 0 spiro atoms. The Kier molecular flexibility index (Phi) is 27.5. The molecule has 3 N–H and O–H groups in total. The van der Waals surface area contributed by atoms with E-state index >= 15 is 0 Å². The summed E-state index contributed by atoms with van der Waals surface area (Å²) in [5.41, 5.74) is 4.26. The molecule has 0 amide bonds. The van der Waals surface area contributed by atoms with E-state index in [1.165, 1.54) is 6.34 Å². The van der Waals surface area contributed by atoms with Gasteiger partial charge >= 0.3 is 0 Å². The molecule has 0 unspecified atom stereocenters. The van der Waals surface area contributed by atoms with Crippen molar-refractivity contribution in [3.05, 3.63) is 0 Å². The van der Waals surface area contributed by atoms with Crippen LogP contribution in [0.25, 0.3) is 0 Å². The third kappa shape index (κ3) is 3410. The van der Waals surface area contributed by atoms with Crippen molar-refractivity contribution in [1.82, 2.24) is 0 Å². The van der Waals surface area contributed by atoms with Gasteiger partial charge in [-0.15, -0.1) is 0 Å². The summed E-state index contributed by atoms with van der Waals surface area (Å²) in [4.78, 5) is 0. The predicted molar refractivity (Wildman–Crippen MR) is 11.9 cm³/mol. The van der Waals surface area contributed by atoms with Crippen LogP contribution in [0, 0.1) is 5.41 Å². The number of hydrogen-bond donors (Lipinski definition) is 2. The molecule has 0 fully saturated rings. The molecule has 0 aliphatic carbocycles. The number of nitrogens with two attached hydrogens (primary N) is 1. The van der Waals surface area contributed by atoms with Crippen molar-refractivity contribution in [2.24, 2.45) is 5.73 Å². The van der Waals surface area contributed by atoms with E-state index in [1.807, 2.05) is 0 Å². The summed E-state index contributed by atoms with van der Waals surface area (Å²) in [6.45, 7) is 0. The van der Waals surface area contributed by atoms with Crippen LogP contribution in [0.3, 0.4) is 0 Å². The van der Waals surface area contributed by atoms with Gasteiger partial charge in [0.15, 0.2) is 0 Å². The Labute approximate surface area is 35.1 Å². The van der Waals surface area contributed by atoms with Crippen LogP contribution in [0.2, 0.25) is 0 Å². The van der Waals surface area contributed by atoms with Gasteiger partial charge in [-0.25, -0.2) is 0 Å².